The molecule has 1 aromatic rings. The molecule has 1 aromatic carbocycles. The number of hydrazine groups is 1. The van der Waals surface area contributed by atoms with E-state index in [1.807, 2.05) is 17.0 Å². The average molecular weight is 421 g/mol. The molecule has 7 heteroatoms. The number of methoxy groups -OCH3 is 1. The number of halogens is 1. The van der Waals surface area contributed by atoms with Gasteiger partial charge in [0.05, 0.1) is 6.61 Å². The van der Waals surface area contributed by atoms with Crippen LogP contribution in [0.2, 0.25) is 0 Å². The first-order valence-corrected chi connectivity index (χ1v) is 11.3. The van der Waals surface area contributed by atoms with Crippen molar-refractivity contribution in [3.8, 4) is 0 Å². The van der Waals surface area contributed by atoms with Crippen molar-refractivity contribution in [1.82, 2.24) is 20.7 Å². The van der Waals surface area contributed by atoms with Crippen molar-refractivity contribution >= 4 is 5.91 Å². The lowest BCUT2D eigenvalue weighted by molar-refractivity contribution is -0.135. The van der Waals surface area contributed by atoms with E-state index in [0.29, 0.717) is 31.7 Å². The van der Waals surface area contributed by atoms with Gasteiger partial charge in [-0.1, -0.05) is 32.0 Å². The van der Waals surface area contributed by atoms with E-state index in [1.54, 1.807) is 13.2 Å². The van der Waals surface area contributed by atoms with Gasteiger partial charge in [0, 0.05) is 38.3 Å². The Morgan fingerprint density at radius 1 is 1.27 bits per heavy atom. The second-order valence-corrected chi connectivity index (χ2v) is 8.73. The van der Waals surface area contributed by atoms with Gasteiger partial charge in [-0.3, -0.25) is 15.1 Å². The number of hydrogen-bond donors (Lipinski definition) is 2. The summed E-state index contributed by atoms with van der Waals surface area (Å²) >= 11 is 0. The number of ether oxygens (including phenoxy) is 1. The number of hydrogen-bond acceptors (Lipinski definition) is 5. The van der Waals surface area contributed by atoms with E-state index in [-0.39, 0.29) is 23.7 Å². The van der Waals surface area contributed by atoms with Crippen LogP contribution in [0.1, 0.15) is 38.7 Å². The molecule has 0 spiro atoms. The van der Waals surface area contributed by atoms with Gasteiger partial charge in [0.25, 0.3) is 0 Å². The minimum atomic E-state index is -0.187. The minimum Gasteiger partial charge on any atom is -0.383 e. The maximum atomic E-state index is 13.9. The molecule has 2 heterocycles. The second-order valence-electron chi connectivity index (χ2n) is 8.73. The fraction of sp³-hybridized carbons (Fsp3) is 0.696. The van der Waals surface area contributed by atoms with E-state index in [2.05, 4.69) is 29.6 Å². The van der Waals surface area contributed by atoms with E-state index in [9.17, 15) is 9.18 Å². The number of nitrogens with one attached hydrogen (secondary N) is 2. The zero-order valence-electron chi connectivity index (χ0n) is 18.6. The van der Waals surface area contributed by atoms with Crippen LogP contribution in [0, 0.1) is 17.7 Å². The van der Waals surface area contributed by atoms with Crippen molar-refractivity contribution in [2.75, 3.05) is 39.9 Å². The molecule has 0 aromatic heterocycles. The number of nitrogens with zero attached hydrogens (tertiary/aromatic N) is 2. The molecule has 2 saturated heterocycles. The van der Waals surface area contributed by atoms with Crippen LogP contribution in [0.5, 0.6) is 0 Å². The highest BCUT2D eigenvalue weighted by atomic mass is 19.1. The number of carbonyl (C=O) groups excluding carboxylic acids is 1. The molecule has 30 heavy (non-hydrogen) atoms. The van der Waals surface area contributed by atoms with Crippen LogP contribution in [0.3, 0.4) is 0 Å². The maximum absolute atomic E-state index is 13.9. The molecule has 0 saturated carbocycles. The molecule has 3 atom stereocenters. The first kappa shape index (κ1) is 23.1. The Bertz CT molecular complexity index is 681. The van der Waals surface area contributed by atoms with Gasteiger partial charge in [-0.25, -0.2) is 9.82 Å². The third-order valence-corrected chi connectivity index (χ3v) is 6.71. The summed E-state index contributed by atoms with van der Waals surface area (Å²) < 4.78 is 19.2. The summed E-state index contributed by atoms with van der Waals surface area (Å²) in [5, 5.41) is 0. The Kier molecular flexibility index (Phi) is 8.62. The smallest absolute Gasteiger partial charge is 0.241 e. The highest BCUT2D eigenvalue weighted by molar-refractivity contribution is 5.82. The predicted octanol–water partition coefficient (Wildman–Crippen LogP) is 2.40. The lowest BCUT2D eigenvalue weighted by Gasteiger charge is -2.36. The number of amides is 1. The van der Waals surface area contributed by atoms with Crippen LogP contribution >= 0.6 is 0 Å². The Morgan fingerprint density at radius 2 is 2.00 bits per heavy atom. The molecule has 168 valence electrons. The lowest BCUT2D eigenvalue weighted by atomic mass is 9.92. The van der Waals surface area contributed by atoms with E-state index in [1.165, 1.54) is 6.07 Å². The van der Waals surface area contributed by atoms with Gasteiger partial charge in [0.15, 0.2) is 0 Å². The van der Waals surface area contributed by atoms with Gasteiger partial charge in [-0.05, 0) is 50.3 Å². The topological polar surface area (TPSA) is 56.8 Å². The Balaban J connectivity index is 1.53. The standard InChI is InChI=1S/C23H37FN4O2/c1-4-21-17(2)22(26-25-21)23(29)28(13-14-30-3)15-18-9-11-27(12-10-18)16-19-7-5-6-8-20(19)24/h5-8,17-18,21-22,25-26H,4,9-16H2,1-3H3. The fourth-order valence-electron chi connectivity index (χ4n) is 4.65. The summed E-state index contributed by atoms with van der Waals surface area (Å²) in [7, 11) is 1.68. The molecule has 0 radical (unpaired) electrons. The molecule has 2 fully saturated rings. The summed E-state index contributed by atoms with van der Waals surface area (Å²) in [4.78, 5) is 17.5. The predicted molar refractivity (Wildman–Crippen MR) is 116 cm³/mol. The van der Waals surface area contributed by atoms with Crippen molar-refractivity contribution in [2.45, 2.75) is 51.7 Å². The van der Waals surface area contributed by atoms with Crippen LogP contribution in [-0.4, -0.2) is 67.7 Å². The van der Waals surface area contributed by atoms with Gasteiger partial charge in [-0.2, -0.15) is 0 Å². The van der Waals surface area contributed by atoms with Crippen molar-refractivity contribution in [1.29, 1.82) is 0 Å². The van der Waals surface area contributed by atoms with E-state index in [0.717, 1.165) is 44.5 Å². The first-order chi connectivity index (χ1) is 14.5. The number of benzene rings is 1. The molecule has 0 aliphatic carbocycles. The minimum absolute atomic E-state index is 0.131. The zero-order chi connectivity index (χ0) is 21.5. The second kappa shape index (κ2) is 11.2. The monoisotopic (exact) mass is 420 g/mol. The number of piperidine rings is 1. The van der Waals surface area contributed by atoms with Gasteiger partial charge in [-0.15, -0.1) is 0 Å². The van der Waals surface area contributed by atoms with E-state index >= 15 is 0 Å². The SMILES string of the molecule is CCC1NNC(C(=O)N(CCOC)CC2CCN(Cc3ccccc3F)CC2)C1C. The van der Waals surface area contributed by atoms with Crippen molar-refractivity contribution in [3.05, 3.63) is 35.6 Å². The van der Waals surface area contributed by atoms with Crippen LogP contribution < -0.4 is 10.9 Å². The lowest BCUT2D eigenvalue weighted by Crippen LogP contribution is -2.50. The third kappa shape index (κ3) is 5.78. The number of rotatable bonds is 9. The van der Waals surface area contributed by atoms with Gasteiger partial charge < -0.3 is 9.64 Å². The zero-order valence-corrected chi connectivity index (χ0v) is 18.6. The third-order valence-electron chi connectivity index (χ3n) is 6.71. The van der Waals surface area contributed by atoms with Crippen molar-refractivity contribution in [3.63, 3.8) is 0 Å². The molecule has 2 N–H and O–H groups in total. The van der Waals surface area contributed by atoms with Crippen LogP contribution in [-0.2, 0) is 16.1 Å². The van der Waals surface area contributed by atoms with Crippen LogP contribution in [0.25, 0.3) is 0 Å². The molecular weight excluding hydrogens is 383 g/mol. The van der Waals surface area contributed by atoms with E-state index in [4.69, 9.17) is 4.74 Å². The van der Waals surface area contributed by atoms with Gasteiger partial charge in [0.1, 0.15) is 11.9 Å². The molecular formula is C23H37FN4O2. The molecule has 6 nitrogen and oxygen atoms in total. The van der Waals surface area contributed by atoms with Gasteiger partial charge >= 0.3 is 0 Å². The quantitative estimate of drug-likeness (QED) is 0.643. The van der Waals surface area contributed by atoms with Crippen LogP contribution in [0.4, 0.5) is 4.39 Å². The number of carbonyl (C=O) groups is 1. The van der Waals surface area contributed by atoms with Gasteiger partial charge in [0.2, 0.25) is 5.91 Å². The highest BCUT2D eigenvalue weighted by Crippen LogP contribution is 2.23. The molecule has 1 amide bonds. The summed E-state index contributed by atoms with van der Waals surface area (Å²) in [6.45, 7) is 8.72. The summed E-state index contributed by atoms with van der Waals surface area (Å²) in [6.07, 6.45) is 3.04. The number of likely N-dealkylation sites (tertiary alicyclic amines) is 1. The highest BCUT2D eigenvalue weighted by Gasteiger charge is 2.38. The molecule has 3 rings (SSSR count). The maximum Gasteiger partial charge on any atom is 0.241 e. The molecule has 3 unspecified atom stereocenters. The average Bonchev–Trinajstić information content (AvgIpc) is 3.13. The Labute approximate surface area is 180 Å². The summed E-state index contributed by atoms with van der Waals surface area (Å²) in [5.41, 5.74) is 7.24. The van der Waals surface area contributed by atoms with Crippen molar-refractivity contribution in [2.24, 2.45) is 11.8 Å². The summed E-state index contributed by atoms with van der Waals surface area (Å²) in [6, 6.07) is 7.14. The van der Waals surface area contributed by atoms with Crippen molar-refractivity contribution < 1.29 is 13.9 Å². The summed E-state index contributed by atoms with van der Waals surface area (Å²) in [5.74, 6) is 0.759. The molecule has 2 aliphatic rings. The first-order valence-electron chi connectivity index (χ1n) is 11.3. The molecule has 2 aliphatic heterocycles. The normalized spacial score (nSPS) is 25.5. The fourth-order valence-corrected chi connectivity index (χ4v) is 4.65. The van der Waals surface area contributed by atoms with E-state index < -0.39 is 0 Å². The molecule has 0 bridgehead atoms. The Hall–Kier alpha value is -1.54. The Morgan fingerprint density at radius 3 is 2.63 bits per heavy atom. The van der Waals surface area contributed by atoms with Crippen LogP contribution in [0.15, 0.2) is 24.3 Å². The largest absolute Gasteiger partial charge is 0.383 e.